The minimum Gasteiger partial charge on any atom is -0.0622 e. The van der Waals surface area contributed by atoms with E-state index in [2.05, 4.69) is 71.0 Å². The van der Waals surface area contributed by atoms with Gasteiger partial charge in [-0.3, -0.25) is 0 Å². The monoisotopic (exact) mass is 356 g/mol. The van der Waals surface area contributed by atoms with Crippen molar-refractivity contribution >= 4 is 21.5 Å². The molecule has 0 unspecified atom stereocenters. The number of hydrogen-bond donors (Lipinski definition) is 0. The van der Waals surface area contributed by atoms with Gasteiger partial charge >= 0.3 is 0 Å². The Kier molecular flexibility index (Phi) is 3.74. The van der Waals surface area contributed by atoms with Crippen LogP contribution >= 0.6 is 0 Å². The molecule has 0 heterocycles. The molecule has 4 atom stereocenters. The molecule has 0 bridgehead atoms. The molecule has 2 aliphatic rings. The lowest BCUT2D eigenvalue weighted by Crippen LogP contribution is -2.41. The molecule has 140 valence electrons. The van der Waals surface area contributed by atoms with Crippen LogP contribution in [-0.4, -0.2) is 0 Å². The van der Waals surface area contributed by atoms with Gasteiger partial charge in [0, 0.05) is 0 Å². The molecule has 0 aliphatic heterocycles. The number of fused-ring (bicyclic) bond motifs is 7. The van der Waals surface area contributed by atoms with Gasteiger partial charge in [-0.2, -0.15) is 0 Å². The number of aryl methyl sites for hydroxylation is 3. The van der Waals surface area contributed by atoms with E-state index in [9.17, 15) is 0 Å². The summed E-state index contributed by atoms with van der Waals surface area (Å²) in [5.41, 5.74) is 6.63. The predicted molar refractivity (Wildman–Crippen MR) is 118 cm³/mol. The van der Waals surface area contributed by atoms with Gasteiger partial charge in [0.15, 0.2) is 0 Å². The van der Waals surface area contributed by atoms with Crippen molar-refractivity contribution in [1.29, 1.82) is 0 Å². The normalized spacial score (nSPS) is 30.3. The van der Waals surface area contributed by atoms with Crippen molar-refractivity contribution in [2.24, 2.45) is 17.3 Å². The highest BCUT2D eigenvalue weighted by atomic mass is 14.5. The maximum absolute atomic E-state index is 2.57. The van der Waals surface area contributed by atoms with Crippen molar-refractivity contribution in [3.8, 4) is 0 Å². The Hall–Kier alpha value is -1.82. The molecule has 0 amide bonds. The Morgan fingerprint density at radius 1 is 0.815 bits per heavy atom. The smallest absolute Gasteiger partial charge is 0.00767 e. The van der Waals surface area contributed by atoms with Crippen molar-refractivity contribution in [1.82, 2.24) is 0 Å². The van der Waals surface area contributed by atoms with Crippen LogP contribution in [0.1, 0.15) is 68.2 Å². The third-order valence-corrected chi connectivity index (χ3v) is 8.51. The maximum atomic E-state index is 2.57. The molecule has 0 radical (unpaired) electrons. The van der Waals surface area contributed by atoms with Gasteiger partial charge in [-0.1, -0.05) is 57.2 Å². The van der Waals surface area contributed by atoms with E-state index in [1.165, 1.54) is 58.4 Å². The quantitative estimate of drug-likeness (QED) is 0.362. The lowest BCUT2D eigenvalue weighted by atomic mass is 9.53. The maximum Gasteiger partial charge on any atom is -0.00767 e. The van der Waals surface area contributed by atoms with Crippen molar-refractivity contribution in [2.75, 3.05) is 0 Å². The van der Waals surface area contributed by atoms with Crippen LogP contribution in [0.4, 0.5) is 0 Å². The summed E-state index contributed by atoms with van der Waals surface area (Å²) in [6.07, 6.45) is 5.40. The van der Waals surface area contributed by atoms with Crippen molar-refractivity contribution < 1.29 is 0 Å². The van der Waals surface area contributed by atoms with E-state index in [1.54, 1.807) is 11.1 Å². The lowest BCUT2D eigenvalue weighted by molar-refractivity contribution is 0.0667. The Morgan fingerprint density at radius 3 is 2.30 bits per heavy atom. The molecule has 5 rings (SSSR count). The zero-order valence-electron chi connectivity index (χ0n) is 17.5. The summed E-state index contributed by atoms with van der Waals surface area (Å²) in [5.74, 6) is 2.35. The first-order valence-electron chi connectivity index (χ1n) is 10.8. The van der Waals surface area contributed by atoms with Gasteiger partial charge < -0.3 is 0 Å². The first-order valence-corrected chi connectivity index (χ1v) is 10.8. The highest BCUT2D eigenvalue weighted by Crippen LogP contribution is 2.58. The van der Waals surface area contributed by atoms with E-state index in [1.807, 2.05) is 0 Å². The molecule has 1 fully saturated rings. The highest BCUT2D eigenvalue weighted by molar-refractivity contribution is 6.10. The fraction of sp³-hybridized carbons (Fsp3) is 0.481. The molecule has 0 heteroatoms. The van der Waals surface area contributed by atoms with Gasteiger partial charge in [0.2, 0.25) is 0 Å². The molecule has 0 N–H and O–H groups in total. The van der Waals surface area contributed by atoms with Crippen LogP contribution in [0.25, 0.3) is 21.5 Å². The van der Waals surface area contributed by atoms with Gasteiger partial charge in [0.1, 0.15) is 0 Å². The average Bonchev–Trinajstić information content (AvgIpc) is 2.66. The summed E-state index contributed by atoms with van der Waals surface area (Å²) in [6, 6.07) is 14.4. The zero-order valence-corrected chi connectivity index (χ0v) is 17.5. The van der Waals surface area contributed by atoms with Crippen LogP contribution in [0.2, 0.25) is 0 Å². The summed E-state index contributed by atoms with van der Waals surface area (Å²) in [6.45, 7) is 12.0. The molecular formula is C27H32. The summed E-state index contributed by atoms with van der Waals surface area (Å²) in [4.78, 5) is 0. The van der Waals surface area contributed by atoms with Crippen LogP contribution in [0.3, 0.4) is 0 Å². The molecule has 3 aromatic rings. The standard InChI is InChI=1S/C27H32/c1-16-6-7-21-20(18(16)3)8-9-23-22(21)10-11-25-24(23)13-15-27(5)14-12-17(2)19(4)26(25)27/h6-11,17,19,26H,12-15H2,1-5H3/t17-,19+,26+,27-/m1/s1. The van der Waals surface area contributed by atoms with Crippen molar-refractivity contribution in [2.45, 2.75) is 66.2 Å². The second-order valence-corrected chi connectivity index (χ2v) is 9.90. The largest absolute Gasteiger partial charge is 0.0622 e. The van der Waals surface area contributed by atoms with E-state index < -0.39 is 0 Å². The van der Waals surface area contributed by atoms with E-state index in [0.717, 1.165) is 17.8 Å². The van der Waals surface area contributed by atoms with Gasteiger partial charge in [-0.25, -0.2) is 0 Å². The van der Waals surface area contributed by atoms with Gasteiger partial charge in [-0.05, 0) is 106 Å². The first kappa shape index (κ1) is 17.3. The summed E-state index contributed by atoms with van der Waals surface area (Å²) >= 11 is 0. The minimum absolute atomic E-state index is 0.497. The van der Waals surface area contributed by atoms with Crippen LogP contribution in [0.5, 0.6) is 0 Å². The summed E-state index contributed by atoms with van der Waals surface area (Å²) in [7, 11) is 0. The second kappa shape index (κ2) is 5.84. The zero-order chi connectivity index (χ0) is 18.9. The van der Waals surface area contributed by atoms with Crippen LogP contribution in [0, 0.1) is 31.1 Å². The Morgan fingerprint density at radius 2 is 1.48 bits per heavy atom. The third-order valence-electron chi connectivity index (χ3n) is 8.51. The molecule has 0 saturated heterocycles. The molecule has 0 aromatic heterocycles. The molecule has 2 aliphatic carbocycles. The number of rotatable bonds is 0. The Labute approximate surface area is 164 Å². The van der Waals surface area contributed by atoms with Crippen molar-refractivity contribution in [3.63, 3.8) is 0 Å². The Balaban J connectivity index is 1.77. The van der Waals surface area contributed by atoms with Crippen molar-refractivity contribution in [3.05, 3.63) is 58.7 Å². The second-order valence-electron chi connectivity index (χ2n) is 9.90. The lowest BCUT2D eigenvalue weighted by Gasteiger charge is -2.52. The predicted octanol–water partition coefficient (Wildman–Crippen LogP) is 7.71. The third kappa shape index (κ3) is 2.35. The first-order chi connectivity index (χ1) is 12.9. The molecule has 1 saturated carbocycles. The fourth-order valence-electron chi connectivity index (χ4n) is 6.42. The van der Waals surface area contributed by atoms with Gasteiger partial charge in [0.25, 0.3) is 0 Å². The Bertz CT molecular complexity index is 1060. The van der Waals surface area contributed by atoms with E-state index in [4.69, 9.17) is 0 Å². The van der Waals surface area contributed by atoms with Gasteiger partial charge in [0.05, 0.1) is 0 Å². The fourth-order valence-corrected chi connectivity index (χ4v) is 6.42. The average molecular weight is 357 g/mol. The summed E-state index contributed by atoms with van der Waals surface area (Å²) in [5, 5.41) is 5.81. The summed E-state index contributed by atoms with van der Waals surface area (Å²) < 4.78 is 0. The number of benzene rings is 3. The van der Waals surface area contributed by atoms with Crippen LogP contribution < -0.4 is 0 Å². The molecule has 3 aromatic carbocycles. The van der Waals surface area contributed by atoms with E-state index >= 15 is 0 Å². The van der Waals surface area contributed by atoms with E-state index in [0.29, 0.717) is 5.41 Å². The topological polar surface area (TPSA) is 0 Å². The molecule has 27 heavy (non-hydrogen) atoms. The molecule has 0 nitrogen and oxygen atoms in total. The SMILES string of the molecule is Cc1ccc2c(ccc3c4c(ccc32)[C@@H]2[C@@H](C)[C@H](C)CC[C@]2(C)CC4)c1C. The van der Waals surface area contributed by atoms with Gasteiger partial charge in [-0.15, -0.1) is 0 Å². The van der Waals surface area contributed by atoms with Crippen LogP contribution in [0.15, 0.2) is 36.4 Å². The highest BCUT2D eigenvalue weighted by Gasteiger charge is 2.46. The molecule has 0 spiro atoms. The van der Waals surface area contributed by atoms with E-state index in [-0.39, 0.29) is 0 Å². The van der Waals surface area contributed by atoms with Crippen LogP contribution in [-0.2, 0) is 6.42 Å². The minimum atomic E-state index is 0.497. The molecular weight excluding hydrogens is 324 g/mol. The number of hydrogen-bond acceptors (Lipinski definition) is 0.